The van der Waals surface area contributed by atoms with Crippen LogP contribution in [0.4, 0.5) is 0 Å². The molecular weight excluding hydrogens is 260 g/mol. The van der Waals surface area contributed by atoms with Gasteiger partial charge in [0.15, 0.2) is 0 Å². The number of hydrogen-bond donors (Lipinski definition) is 1. The van der Waals surface area contributed by atoms with Crippen LogP contribution in [0.5, 0.6) is 11.5 Å². The normalized spacial score (nSPS) is 10.4. The predicted octanol–water partition coefficient (Wildman–Crippen LogP) is 3.82. The summed E-state index contributed by atoms with van der Waals surface area (Å²) in [5.74, 6) is 1.79. The second-order valence-corrected chi connectivity index (χ2v) is 4.18. The Labute approximate surface area is 115 Å². The average molecular weight is 270 g/mol. The second kappa shape index (κ2) is 5.16. The largest absolute Gasteiger partial charge is 0.457 e. The Morgan fingerprint density at radius 2 is 1.63 bits per heavy atom. The summed E-state index contributed by atoms with van der Waals surface area (Å²) in [5.41, 5.74) is 0.735. The van der Waals surface area contributed by atoms with Crippen molar-refractivity contribution in [1.82, 2.24) is 10.2 Å². The first-order valence-corrected chi connectivity index (χ1v) is 6.12. The van der Waals surface area contributed by atoms with Gasteiger partial charge in [-0.3, -0.25) is 0 Å². The molecule has 0 aliphatic carbocycles. The molecule has 0 amide bonds. The molecule has 1 aromatic heterocycles. The van der Waals surface area contributed by atoms with E-state index in [1.54, 1.807) is 0 Å². The molecule has 0 N–H and O–H groups in total. The number of benzene rings is 2. The Morgan fingerprint density at radius 3 is 2.37 bits per heavy atom. The monoisotopic (exact) mass is 270 g/mol. The van der Waals surface area contributed by atoms with Gasteiger partial charge in [-0.05, 0) is 24.3 Å². The van der Waals surface area contributed by atoms with Crippen molar-refractivity contribution in [2.24, 2.45) is 0 Å². The van der Waals surface area contributed by atoms with E-state index in [0.717, 1.165) is 11.3 Å². The fourth-order valence-corrected chi connectivity index (χ4v) is 1.80. The lowest BCUT2D eigenvalue weighted by Gasteiger charge is -2.08. The molecule has 4 nitrogen and oxygen atoms in total. The Bertz CT molecular complexity index is 683. The molecular formula is C14H10N2O2S. The zero-order valence-electron chi connectivity index (χ0n) is 9.85. The lowest BCUT2D eigenvalue weighted by molar-refractivity contribution is 0.457. The third-order valence-corrected chi connectivity index (χ3v) is 2.68. The van der Waals surface area contributed by atoms with Crippen LogP contribution in [0.2, 0.25) is 0 Å². The predicted molar refractivity (Wildman–Crippen MR) is 73.5 cm³/mol. The molecule has 5 heteroatoms. The molecule has 94 valence electrons. The molecule has 0 saturated heterocycles. The van der Waals surface area contributed by atoms with Crippen LogP contribution in [0.1, 0.15) is 0 Å². The Balaban J connectivity index is 1.98. The van der Waals surface area contributed by atoms with Gasteiger partial charge < -0.3 is 9.15 Å². The molecule has 0 aliphatic heterocycles. The van der Waals surface area contributed by atoms with Gasteiger partial charge >= 0.3 is 0 Å². The number of ether oxygens (including phenoxy) is 1. The summed E-state index contributed by atoms with van der Waals surface area (Å²) in [7, 11) is 0. The van der Waals surface area contributed by atoms with Crippen LogP contribution < -0.4 is 4.74 Å². The van der Waals surface area contributed by atoms with E-state index < -0.39 is 0 Å². The van der Waals surface area contributed by atoms with Gasteiger partial charge in [0.05, 0.1) is 5.56 Å². The molecule has 0 bridgehead atoms. The van der Waals surface area contributed by atoms with E-state index >= 15 is 0 Å². The number of aromatic nitrogens is 2. The van der Waals surface area contributed by atoms with Gasteiger partial charge in [0.2, 0.25) is 0 Å². The topological polar surface area (TPSA) is 48.2 Å². The van der Waals surface area contributed by atoms with E-state index in [-0.39, 0.29) is 5.22 Å². The van der Waals surface area contributed by atoms with Crippen LogP contribution in [0.3, 0.4) is 0 Å². The minimum Gasteiger partial charge on any atom is -0.457 e. The van der Waals surface area contributed by atoms with Crippen molar-refractivity contribution < 1.29 is 9.15 Å². The SMILES string of the molecule is Sc1nnc(-c2ccccc2Oc2ccccc2)o1. The summed E-state index contributed by atoms with van der Waals surface area (Å²) in [4.78, 5) is 0. The summed E-state index contributed by atoms with van der Waals surface area (Å²) >= 11 is 4.01. The highest BCUT2D eigenvalue weighted by atomic mass is 32.1. The van der Waals surface area contributed by atoms with Crippen molar-refractivity contribution in [3.63, 3.8) is 0 Å². The van der Waals surface area contributed by atoms with E-state index in [4.69, 9.17) is 9.15 Å². The van der Waals surface area contributed by atoms with Crippen molar-refractivity contribution in [2.45, 2.75) is 5.22 Å². The quantitative estimate of drug-likeness (QED) is 0.735. The van der Waals surface area contributed by atoms with E-state index in [2.05, 4.69) is 22.8 Å². The Hall–Kier alpha value is -2.27. The first-order valence-electron chi connectivity index (χ1n) is 5.68. The lowest BCUT2D eigenvalue weighted by Crippen LogP contribution is -1.88. The molecule has 0 spiro atoms. The minimum atomic E-state index is 0.226. The average Bonchev–Trinajstić information content (AvgIpc) is 2.87. The zero-order valence-corrected chi connectivity index (χ0v) is 10.7. The van der Waals surface area contributed by atoms with Crippen molar-refractivity contribution >= 4 is 12.6 Å². The number of hydrogen-bond acceptors (Lipinski definition) is 5. The van der Waals surface area contributed by atoms with Crippen molar-refractivity contribution in [2.75, 3.05) is 0 Å². The Kier molecular flexibility index (Phi) is 3.20. The molecule has 2 aromatic carbocycles. The minimum absolute atomic E-state index is 0.226. The molecule has 0 unspecified atom stereocenters. The van der Waals surface area contributed by atoms with E-state index in [9.17, 15) is 0 Å². The highest BCUT2D eigenvalue weighted by molar-refractivity contribution is 7.80. The number of nitrogens with zero attached hydrogens (tertiary/aromatic N) is 2. The molecule has 0 fully saturated rings. The van der Waals surface area contributed by atoms with Crippen LogP contribution in [-0.4, -0.2) is 10.2 Å². The zero-order chi connectivity index (χ0) is 13.1. The smallest absolute Gasteiger partial charge is 0.273 e. The van der Waals surface area contributed by atoms with Gasteiger partial charge in [0.1, 0.15) is 11.5 Å². The fourth-order valence-electron chi connectivity index (χ4n) is 1.67. The van der Waals surface area contributed by atoms with Gasteiger partial charge in [0, 0.05) is 0 Å². The van der Waals surface area contributed by atoms with E-state index in [0.29, 0.717) is 11.6 Å². The van der Waals surface area contributed by atoms with Gasteiger partial charge in [-0.15, -0.1) is 10.2 Å². The molecule has 3 rings (SSSR count). The summed E-state index contributed by atoms with van der Waals surface area (Å²) in [6.45, 7) is 0. The molecule has 0 aliphatic rings. The van der Waals surface area contributed by atoms with Crippen LogP contribution >= 0.6 is 12.6 Å². The van der Waals surface area contributed by atoms with Gasteiger partial charge in [-0.25, -0.2) is 0 Å². The highest BCUT2D eigenvalue weighted by Crippen LogP contribution is 2.32. The van der Waals surface area contributed by atoms with E-state index in [1.807, 2.05) is 54.6 Å². The summed E-state index contributed by atoms with van der Waals surface area (Å²) < 4.78 is 11.1. The van der Waals surface area contributed by atoms with Gasteiger partial charge in [-0.1, -0.05) is 43.0 Å². The molecule has 3 aromatic rings. The maximum atomic E-state index is 5.82. The Morgan fingerprint density at radius 1 is 0.895 bits per heavy atom. The van der Waals surface area contributed by atoms with Crippen molar-refractivity contribution in [3.8, 4) is 23.0 Å². The van der Waals surface area contributed by atoms with Crippen LogP contribution in [-0.2, 0) is 0 Å². The van der Waals surface area contributed by atoms with Crippen molar-refractivity contribution in [1.29, 1.82) is 0 Å². The van der Waals surface area contributed by atoms with Crippen LogP contribution in [0.25, 0.3) is 11.5 Å². The molecule has 0 saturated carbocycles. The van der Waals surface area contributed by atoms with Crippen molar-refractivity contribution in [3.05, 3.63) is 54.6 Å². The molecule has 1 heterocycles. The third-order valence-electron chi connectivity index (χ3n) is 2.50. The maximum Gasteiger partial charge on any atom is 0.273 e. The summed E-state index contributed by atoms with van der Waals surface area (Å²) in [6, 6.07) is 17.0. The van der Waals surface area contributed by atoms with Crippen LogP contribution in [0, 0.1) is 0 Å². The molecule has 0 atom stereocenters. The lowest BCUT2D eigenvalue weighted by atomic mass is 10.2. The van der Waals surface area contributed by atoms with Gasteiger partial charge in [0.25, 0.3) is 11.1 Å². The van der Waals surface area contributed by atoms with E-state index in [1.165, 1.54) is 0 Å². The fraction of sp³-hybridized carbons (Fsp3) is 0. The number of rotatable bonds is 3. The summed E-state index contributed by atoms with van der Waals surface area (Å²) in [5, 5.41) is 7.87. The third kappa shape index (κ3) is 2.61. The van der Waals surface area contributed by atoms with Gasteiger partial charge in [-0.2, -0.15) is 0 Å². The number of para-hydroxylation sites is 2. The first-order chi connectivity index (χ1) is 9.33. The standard InChI is InChI=1S/C14H10N2O2S/c19-14-16-15-13(18-14)11-8-4-5-9-12(11)17-10-6-2-1-3-7-10/h1-9H,(H,16,19). The molecule has 0 radical (unpaired) electrons. The maximum absolute atomic E-state index is 5.82. The summed E-state index contributed by atoms with van der Waals surface area (Å²) in [6.07, 6.45) is 0. The highest BCUT2D eigenvalue weighted by Gasteiger charge is 2.12. The first kappa shape index (κ1) is 11.8. The second-order valence-electron chi connectivity index (χ2n) is 3.80. The number of thiol groups is 1. The van der Waals surface area contributed by atoms with Crippen LogP contribution in [0.15, 0.2) is 64.2 Å². The molecule has 19 heavy (non-hydrogen) atoms.